The molecule has 0 radical (unpaired) electrons. The molecule has 0 aromatic carbocycles. The van der Waals surface area contributed by atoms with Gasteiger partial charge >= 0.3 is 5.97 Å². The van der Waals surface area contributed by atoms with Gasteiger partial charge in [-0.15, -0.1) is 22.9 Å². The SMILES string of the molecule is Cc1nc(COC(=O)C23C[C@H]4C[C@@H](CC(Cl)(C4)C2)C3)cs1. The lowest BCUT2D eigenvalue weighted by Crippen LogP contribution is -2.56. The predicted octanol–water partition coefficient (Wildman–Crippen LogP) is 4.07. The van der Waals surface area contributed by atoms with Crippen LogP contribution in [0.15, 0.2) is 5.38 Å². The van der Waals surface area contributed by atoms with E-state index in [4.69, 9.17) is 16.3 Å². The van der Waals surface area contributed by atoms with Crippen molar-refractivity contribution in [2.24, 2.45) is 17.3 Å². The maximum Gasteiger partial charge on any atom is 0.312 e. The second kappa shape index (κ2) is 4.69. The molecule has 3 nitrogen and oxygen atoms in total. The average Bonchev–Trinajstić information content (AvgIpc) is 2.79. The van der Waals surface area contributed by atoms with Gasteiger partial charge in [-0.3, -0.25) is 4.79 Å². The maximum atomic E-state index is 12.7. The summed E-state index contributed by atoms with van der Waals surface area (Å²) in [5, 5.41) is 2.97. The zero-order valence-corrected chi connectivity index (χ0v) is 13.8. The molecule has 4 bridgehead atoms. The molecule has 0 aliphatic heterocycles. The molecule has 2 atom stereocenters. The minimum atomic E-state index is -0.309. The number of esters is 1. The minimum Gasteiger partial charge on any atom is -0.459 e. The fourth-order valence-corrected chi connectivity index (χ4v) is 6.45. The standard InChI is InChI=1S/C16H20ClNO2S/c1-10-18-13(8-21-10)7-20-14(19)15-3-11-2-12(4-15)6-16(17,5-11)9-15/h8,11-12H,2-7,9H2,1H3/t11-,12-,15?,16?/m1/s1. The number of ether oxygens (including phenoxy) is 1. The van der Waals surface area contributed by atoms with Gasteiger partial charge < -0.3 is 4.74 Å². The molecule has 0 saturated heterocycles. The molecule has 4 saturated carbocycles. The van der Waals surface area contributed by atoms with Crippen LogP contribution >= 0.6 is 22.9 Å². The fraction of sp³-hybridized carbons (Fsp3) is 0.750. The molecule has 4 fully saturated rings. The number of carbonyl (C=O) groups is 1. The predicted molar refractivity (Wildman–Crippen MR) is 82.3 cm³/mol. The van der Waals surface area contributed by atoms with Gasteiger partial charge in [0, 0.05) is 10.3 Å². The van der Waals surface area contributed by atoms with Crippen molar-refractivity contribution in [3.63, 3.8) is 0 Å². The lowest BCUT2D eigenvalue weighted by atomic mass is 9.49. The topological polar surface area (TPSA) is 39.2 Å². The van der Waals surface area contributed by atoms with E-state index in [1.807, 2.05) is 12.3 Å². The van der Waals surface area contributed by atoms with Crippen LogP contribution in [0, 0.1) is 24.2 Å². The highest BCUT2D eigenvalue weighted by Crippen LogP contribution is 2.64. The number of aromatic nitrogens is 1. The Labute approximate surface area is 134 Å². The largest absolute Gasteiger partial charge is 0.459 e. The molecule has 4 aliphatic carbocycles. The van der Waals surface area contributed by atoms with Gasteiger partial charge in [0.2, 0.25) is 0 Å². The normalized spacial score (nSPS) is 40.5. The summed E-state index contributed by atoms with van der Waals surface area (Å²) in [4.78, 5) is 16.9. The molecule has 1 heterocycles. The van der Waals surface area contributed by atoms with Crippen LogP contribution in [0.25, 0.3) is 0 Å². The third kappa shape index (κ3) is 2.40. The van der Waals surface area contributed by atoms with Gasteiger partial charge in [0.05, 0.1) is 16.1 Å². The van der Waals surface area contributed by atoms with Gasteiger partial charge in [-0.05, 0) is 57.3 Å². The number of thiazole rings is 1. The van der Waals surface area contributed by atoms with Crippen molar-refractivity contribution in [3.05, 3.63) is 16.1 Å². The van der Waals surface area contributed by atoms with Crippen LogP contribution in [0.2, 0.25) is 0 Å². The van der Waals surface area contributed by atoms with E-state index in [0.29, 0.717) is 18.4 Å². The number of carbonyl (C=O) groups excluding carboxylic acids is 1. The number of hydrogen-bond donors (Lipinski definition) is 0. The molecule has 21 heavy (non-hydrogen) atoms. The van der Waals surface area contributed by atoms with E-state index >= 15 is 0 Å². The Morgan fingerprint density at radius 3 is 2.71 bits per heavy atom. The average molecular weight is 326 g/mol. The molecule has 5 heteroatoms. The lowest BCUT2D eigenvalue weighted by Gasteiger charge is -2.58. The third-order valence-electron chi connectivity index (χ3n) is 5.44. The highest BCUT2D eigenvalue weighted by atomic mass is 35.5. The van der Waals surface area contributed by atoms with Crippen molar-refractivity contribution in [2.45, 2.75) is 56.9 Å². The van der Waals surface area contributed by atoms with Crippen molar-refractivity contribution in [1.82, 2.24) is 4.98 Å². The Morgan fingerprint density at radius 2 is 2.14 bits per heavy atom. The first-order valence-corrected chi connectivity index (χ1v) is 8.99. The summed E-state index contributed by atoms with van der Waals surface area (Å²) in [5.41, 5.74) is 0.549. The molecule has 0 unspecified atom stereocenters. The third-order valence-corrected chi connectivity index (χ3v) is 6.70. The van der Waals surface area contributed by atoms with E-state index in [1.54, 1.807) is 11.3 Å². The molecule has 4 aliphatic rings. The highest BCUT2D eigenvalue weighted by Gasteiger charge is 2.60. The first-order chi connectivity index (χ1) is 9.96. The zero-order chi connectivity index (χ0) is 14.7. The van der Waals surface area contributed by atoms with Gasteiger partial charge in [0.1, 0.15) is 6.61 Å². The number of nitrogens with zero attached hydrogens (tertiary/aromatic N) is 1. The molecule has 0 spiro atoms. The van der Waals surface area contributed by atoms with Gasteiger partial charge in [-0.1, -0.05) is 0 Å². The summed E-state index contributed by atoms with van der Waals surface area (Å²) in [6.45, 7) is 2.27. The lowest BCUT2D eigenvalue weighted by molar-refractivity contribution is -0.171. The Balaban J connectivity index is 1.49. The summed E-state index contributed by atoms with van der Waals surface area (Å²) in [5.74, 6) is 1.21. The van der Waals surface area contributed by atoms with Crippen molar-refractivity contribution >= 4 is 28.9 Å². The molecule has 0 amide bonds. The minimum absolute atomic E-state index is 0.0349. The number of rotatable bonds is 3. The van der Waals surface area contributed by atoms with E-state index < -0.39 is 0 Å². The van der Waals surface area contributed by atoms with Gasteiger partial charge in [0.15, 0.2) is 0 Å². The van der Waals surface area contributed by atoms with Crippen LogP contribution in [0.5, 0.6) is 0 Å². The molecular formula is C16H20ClNO2S. The van der Waals surface area contributed by atoms with Crippen LogP contribution in [-0.4, -0.2) is 15.8 Å². The Hall–Kier alpha value is -0.610. The molecule has 5 rings (SSSR count). The summed E-state index contributed by atoms with van der Waals surface area (Å²) < 4.78 is 5.62. The van der Waals surface area contributed by atoms with Crippen LogP contribution < -0.4 is 0 Å². The van der Waals surface area contributed by atoms with Crippen molar-refractivity contribution < 1.29 is 9.53 Å². The van der Waals surface area contributed by atoms with E-state index in [-0.39, 0.29) is 16.3 Å². The van der Waals surface area contributed by atoms with Gasteiger partial charge in [-0.25, -0.2) is 4.98 Å². The molecule has 0 N–H and O–H groups in total. The summed E-state index contributed by atoms with van der Waals surface area (Å²) in [6, 6.07) is 0. The van der Waals surface area contributed by atoms with Gasteiger partial charge in [-0.2, -0.15) is 0 Å². The number of aryl methyl sites for hydroxylation is 1. The Kier molecular flexibility index (Phi) is 3.13. The zero-order valence-electron chi connectivity index (χ0n) is 12.2. The monoisotopic (exact) mass is 325 g/mol. The second-order valence-electron chi connectivity index (χ2n) is 7.33. The smallest absolute Gasteiger partial charge is 0.312 e. The van der Waals surface area contributed by atoms with Crippen LogP contribution in [-0.2, 0) is 16.1 Å². The van der Waals surface area contributed by atoms with Crippen molar-refractivity contribution in [1.29, 1.82) is 0 Å². The Bertz CT molecular complexity index is 571. The number of hydrogen-bond acceptors (Lipinski definition) is 4. The fourth-order valence-electron chi connectivity index (χ4n) is 5.16. The van der Waals surface area contributed by atoms with Crippen molar-refractivity contribution in [3.8, 4) is 0 Å². The molecule has 114 valence electrons. The summed E-state index contributed by atoms with van der Waals surface area (Å²) >= 11 is 8.36. The van der Waals surface area contributed by atoms with E-state index in [0.717, 1.165) is 42.8 Å². The quantitative estimate of drug-likeness (QED) is 0.621. The van der Waals surface area contributed by atoms with E-state index in [1.165, 1.54) is 6.42 Å². The first-order valence-electron chi connectivity index (χ1n) is 7.74. The number of alkyl halides is 1. The van der Waals surface area contributed by atoms with Gasteiger partial charge in [0.25, 0.3) is 0 Å². The molecule has 1 aromatic heterocycles. The van der Waals surface area contributed by atoms with Crippen LogP contribution in [0.4, 0.5) is 0 Å². The summed E-state index contributed by atoms with van der Waals surface area (Å²) in [7, 11) is 0. The second-order valence-corrected chi connectivity index (χ2v) is 9.19. The molecular weight excluding hydrogens is 306 g/mol. The summed E-state index contributed by atoms with van der Waals surface area (Å²) in [6.07, 6.45) is 6.20. The molecule has 1 aromatic rings. The first kappa shape index (κ1) is 14.0. The van der Waals surface area contributed by atoms with Crippen LogP contribution in [0.1, 0.15) is 49.2 Å². The van der Waals surface area contributed by atoms with E-state index in [9.17, 15) is 4.79 Å². The maximum absolute atomic E-state index is 12.7. The van der Waals surface area contributed by atoms with Crippen molar-refractivity contribution in [2.75, 3.05) is 0 Å². The van der Waals surface area contributed by atoms with E-state index in [2.05, 4.69) is 4.98 Å². The van der Waals surface area contributed by atoms with Crippen LogP contribution in [0.3, 0.4) is 0 Å². The highest BCUT2D eigenvalue weighted by molar-refractivity contribution is 7.09. The Morgan fingerprint density at radius 1 is 1.43 bits per heavy atom. The number of halogens is 1.